The van der Waals surface area contributed by atoms with Gasteiger partial charge in [0.15, 0.2) is 6.10 Å². The van der Waals surface area contributed by atoms with Gasteiger partial charge in [-0.05, 0) is 31.2 Å². The first-order valence-corrected chi connectivity index (χ1v) is 9.06. The van der Waals surface area contributed by atoms with Crippen molar-refractivity contribution in [2.45, 2.75) is 13.0 Å². The van der Waals surface area contributed by atoms with Crippen LogP contribution in [0.5, 0.6) is 0 Å². The van der Waals surface area contributed by atoms with Crippen LogP contribution < -0.4 is 5.32 Å². The molecule has 1 N–H and O–H groups in total. The standard InChI is InChI=1S/C20H15ClN4O5/c1-12(20(27)24-16-8-7-14(25(28)29)10-15(16)21)30-19(26)9-6-13-11-22-17-4-2-3-5-18(17)23-13/h2-12H,1H3,(H,24,27)/b9-6+. The number of amides is 1. The number of aromatic nitrogens is 2. The van der Waals surface area contributed by atoms with Gasteiger partial charge in [-0.1, -0.05) is 23.7 Å². The van der Waals surface area contributed by atoms with Gasteiger partial charge in [0, 0.05) is 18.2 Å². The lowest BCUT2D eigenvalue weighted by molar-refractivity contribution is -0.384. The molecule has 0 aliphatic rings. The highest BCUT2D eigenvalue weighted by Gasteiger charge is 2.19. The van der Waals surface area contributed by atoms with Crippen molar-refractivity contribution in [3.8, 4) is 0 Å². The van der Waals surface area contributed by atoms with E-state index in [0.29, 0.717) is 11.2 Å². The molecule has 0 bridgehead atoms. The zero-order valence-electron chi connectivity index (χ0n) is 15.6. The molecule has 0 aliphatic carbocycles. The smallest absolute Gasteiger partial charge is 0.331 e. The van der Waals surface area contributed by atoms with E-state index in [2.05, 4.69) is 15.3 Å². The zero-order valence-corrected chi connectivity index (χ0v) is 16.4. The Hall–Kier alpha value is -3.85. The highest BCUT2D eigenvalue weighted by Crippen LogP contribution is 2.26. The Morgan fingerprint density at radius 1 is 1.23 bits per heavy atom. The Kier molecular flexibility index (Phi) is 6.33. The summed E-state index contributed by atoms with van der Waals surface area (Å²) in [7, 11) is 0. The fourth-order valence-electron chi connectivity index (χ4n) is 2.43. The maximum absolute atomic E-state index is 12.2. The van der Waals surface area contributed by atoms with Gasteiger partial charge in [0.2, 0.25) is 0 Å². The number of nitro benzene ring substituents is 1. The van der Waals surface area contributed by atoms with Crippen molar-refractivity contribution in [1.82, 2.24) is 9.97 Å². The van der Waals surface area contributed by atoms with Crippen LogP contribution in [0.1, 0.15) is 12.6 Å². The number of nitrogens with zero attached hydrogens (tertiary/aromatic N) is 3. The first kappa shape index (κ1) is 20.9. The molecule has 3 aromatic rings. The minimum atomic E-state index is -1.13. The van der Waals surface area contributed by atoms with Crippen LogP contribution in [-0.2, 0) is 14.3 Å². The van der Waals surface area contributed by atoms with Crippen molar-refractivity contribution in [2.75, 3.05) is 5.32 Å². The summed E-state index contributed by atoms with van der Waals surface area (Å²) in [6, 6.07) is 10.9. The number of esters is 1. The van der Waals surface area contributed by atoms with Gasteiger partial charge in [-0.2, -0.15) is 0 Å². The predicted octanol–water partition coefficient (Wildman–Crippen LogP) is 3.78. The average Bonchev–Trinajstić information content (AvgIpc) is 2.73. The van der Waals surface area contributed by atoms with Crippen molar-refractivity contribution in [3.63, 3.8) is 0 Å². The molecule has 0 spiro atoms. The molecule has 152 valence electrons. The van der Waals surface area contributed by atoms with Crippen molar-refractivity contribution in [2.24, 2.45) is 0 Å². The zero-order chi connectivity index (χ0) is 21.7. The topological polar surface area (TPSA) is 124 Å². The number of benzene rings is 2. The molecular weight excluding hydrogens is 412 g/mol. The number of hydrogen-bond donors (Lipinski definition) is 1. The fourth-order valence-corrected chi connectivity index (χ4v) is 2.65. The summed E-state index contributed by atoms with van der Waals surface area (Å²) in [5, 5.41) is 13.2. The number of rotatable bonds is 6. The SMILES string of the molecule is CC(OC(=O)/C=C/c1cnc2ccccc2n1)C(=O)Nc1ccc([N+](=O)[O-])cc1Cl. The van der Waals surface area contributed by atoms with Crippen LogP contribution in [0.4, 0.5) is 11.4 Å². The molecule has 0 aliphatic heterocycles. The van der Waals surface area contributed by atoms with E-state index in [1.54, 1.807) is 6.07 Å². The second-order valence-corrected chi connectivity index (χ2v) is 6.51. The summed E-state index contributed by atoms with van der Waals surface area (Å²) in [5.41, 5.74) is 1.82. The highest BCUT2D eigenvalue weighted by molar-refractivity contribution is 6.34. The third-order valence-corrected chi connectivity index (χ3v) is 4.25. The monoisotopic (exact) mass is 426 g/mol. The van der Waals surface area contributed by atoms with Crippen LogP contribution in [-0.4, -0.2) is 32.9 Å². The number of para-hydroxylation sites is 2. The third-order valence-electron chi connectivity index (χ3n) is 3.94. The van der Waals surface area contributed by atoms with E-state index in [-0.39, 0.29) is 16.4 Å². The minimum absolute atomic E-state index is 0.00847. The van der Waals surface area contributed by atoms with Crippen molar-refractivity contribution >= 4 is 52.0 Å². The Morgan fingerprint density at radius 3 is 2.67 bits per heavy atom. The number of ether oxygens (including phenoxy) is 1. The molecule has 0 fully saturated rings. The van der Waals surface area contributed by atoms with Crippen LogP contribution in [0, 0.1) is 10.1 Å². The number of anilines is 1. The fraction of sp³-hybridized carbons (Fsp3) is 0.100. The van der Waals surface area contributed by atoms with E-state index in [0.717, 1.165) is 17.7 Å². The number of nitro groups is 1. The number of halogens is 1. The lowest BCUT2D eigenvalue weighted by atomic mass is 10.2. The Balaban J connectivity index is 1.59. The molecule has 3 rings (SSSR count). The maximum Gasteiger partial charge on any atom is 0.331 e. The van der Waals surface area contributed by atoms with Gasteiger partial charge in [0.1, 0.15) is 0 Å². The first-order chi connectivity index (χ1) is 14.3. The lowest BCUT2D eigenvalue weighted by Crippen LogP contribution is -2.29. The van der Waals surface area contributed by atoms with Crippen molar-refractivity contribution in [3.05, 3.63) is 75.6 Å². The second-order valence-electron chi connectivity index (χ2n) is 6.11. The number of hydrogen-bond acceptors (Lipinski definition) is 7. The molecule has 2 aromatic carbocycles. The quantitative estimate of drug-likeness (QED) is 0.275. The largest absolute Gasteiger partial charge is 0.449 e. The summed E-state index contributed by atoms with van der Waals surface area (Å²) in [6.45, 7) is 1.39. The summed E-state index contributed by atoms with van der Waals surface area (Å²) < 4.78 is 5.06. The summed E-state index contributed by atoms with van der Waals surface area (Å²) in [5.74, 6) is -1.39. The van der Waals surface area contributed by atoms with Crippen molar-refractivity contribution in [1.29, 1.82) is 0 Å². The number of fused-ring (bicyclic) bond motifs is 1. The lowest BCUT2D eigenvalue weighted by Gasteiger charge is -2.13. The van der Waals surface area contributed by atoms with E-state index < -0.39 is 22.9 Å². The van der Waals surface area contributed by atoms with Crippen LogP contribution >= 0.6 is 11.6 Å². The number of non-ortho nitro benzene ring substituents is 1. The molecule has 1 aromatic heterocycles. The van der Waals surface area contributed by atoms with Crippen LogP contribution in [0.25, 0.3) is 17.1 Å². The summed E-state index contributed by atoms with van der Waals surface area (Å²) in [4.78, 5) is 42.9. The van der Waals surface area contributed by atoms with Gasteiger partial charge in [0.05, 0.1) is 38.6 Å². The van der Waals surface area contributed by atoms with Gasteiger partial charge in [-0.15, -0.1) is 0 Å². The molecule has 1 amide bonds. The molecule has 0 saturated carbocycles. The second kappa shape index (κ2) is 9.10. The van der Waals surface area contributed by atoms with E-state index in [4.69, 9.17) is 16.3 Å². The molecule has 0 radical (unpaired) electrons. The molecular formula is C20H15ClN4O5. The molecule has 1 unspecified atom stereocenters. The maximum atomic E-state index is 12.2. The Morgan fingerprint density at radius 2 is 1.97 bits per heavy atom. The first-order valence-electron chi connectivity index (χ1n) is 8.69. The van der Waals surface area contributed by atoms with Crippen LogP contribution in [0.15, 0.2) is 54.7 Å². The van der Waals surface area contributed by atoms with E-state index in [1.807, 2.05) is 18.2 Å². The van der Waals surface area contributed by atoms with Gasteiger partial charge < -0.3 is 10.1 Å². The molecule has 0 saturated heterocycles. The molecule has 9 nitrogen and oxygen atoms in total. The van der Waals surface area contributed by atoms with Gasteiger partial charge in [-0.25, -0.2) is 9.78 Å². The van der Waals surface area contributed by atoms with E-state index in [9.17, 15) is 19.7 Å². The molecule has 1 heterocycles. The normalized spacial score (nSPS) is 11.9. The number of carbonyl (C=O) groups excluding carboxylic acids is 2. The average molecular weight is 427 g/mol. The van der Waals surface area contributed by atoms with Gasteiger partial charge in [-0.3, -0.25) is 19.9 Å². The van der Waals surface area contributed by atoms with E-state index >= 15 is 0 Å². The molecule has 10 heteroatoms. The van der Waals surface area contributed by atoms with Crippen LogP contribution in [0.2, 0.25) is 5.02 Å². The van der Waals surface area contributed by atoms with E-state index in [1.165, 1.54) is 31.3 Å². The minimum Gasteiger partial charge on any atom is -0.449 e. The number of carbonyl (C=O) groups is 2. The Bertz CT molecular complexity index is 1160. The molecule has 30 heavy (non-hydrogen) atoms. The highest BCUT2D eigenvalue weighted by atomic mass is 35.5. The van der Waals surface area contributed by atoms with Gasteiger partial charge in [0.25, 0.3) is 11.6 Å². The summed E-state index contributed by atoms with van der Waals surface area (Å²) >= 11 is 5.94. The van der Waals surface area contributed by atoms with Crippen molar-refractivity contribution < 1.29 is 19.2 Å². The van der Waals surface area contributed by atoms with Gasteiger partial charge >= 0.3 is 5.97 Å². The predicted molar refractivity (Wildman–Crippen MR) is 111 cm³/mol. The third kappa shape index (κ3) is 5.15. The van der Waals surface area contributed by atoms with Crippen LogP contribution in [0.3, 0.4) is 0 Å². The molecule has 1 atom stereocenters. The Labute approximate surface area is 175 Å². The summed E-state index contributed by atoms with van der Waals surface area (Å²) in [6.07, 6.45) is 2.95. The number of nitrogens with one attached hydrogen (secondary N) is 1.